The minimum atomic E-state index is -0.112. The third-order valence-electron chi connectivity index (χ3n) is 15.7. The van der Waals surface area contributed by atoms with Gasteiger partial charge in [-0.15, -0.1) is 0 Å². The van der Waals surface area contributed by atoms with Crippen LogP contribution >= 0.6 is 11.3 Å². The van der Waals surface area contributed by atoms with Gasteiger partial charge in [-0.2, -0.15) is 11.3 Å². The summed E-state index contributed by atoms with van der Waals surface area (Å²) in [6, 6.07) is 77.6. The lowest BCUT2D eigenvalue weighted by molar-refractivity contribution is 0.590. The first-order valence-corrected chi connectivity index (χ1v) is 27.1. The molecule has 1 aliphatic carbocycles. The van der Waals surface area contributed by atoms with Crippen molar-refractivity contribution in [2.75, 3.05) is 14.7 Å². The van der Waals surface area contributed by atoms with Gasteiger partial charge in [0.25, 0.3) is 6.71 Å². The Bertz CT molecular complexity index is 3720. The van der Waals surface area contributed by atoms with E-state index in [-0.39, 0.29) is 17.5 Å². The molecule has 0 radical (unpaired) electrons. The summed E-state index contributed by atoms with van der Waals surface area (Å²) in [5, 5.41) is 2.43. The standard InChI is InChI=1S/C68H60BN3S/c1-67(2,3)47-35-39-59(56(41-47)46-25-13-8-14-26-46)71(58-40-37-52(45-23-11-7-12-24-45)53-31-19-20-32-54(53)58)51-36-38-57-60(44-51)70(49-27-15-9-16-28-49)61-42-48(68(4,5)6)43-62-64(61)69(57)66-65(55-33-21-22-34-63(55)73-66)72(62)50-29-17-10-18-30-50/h7-20,23-32,35-44H,21-22,33-34H2,1-6H3. The fraction of sp³-hybridized carbons (Fsp3) is 0.176. The Hall–Kier alpha value is -7.60. The molecule has 0 spiro atoms. The molecule has 3 nitrogen and oxygen atoms in total. The van der Waals surface area contributed by atoms with Gasteiger partial charge >= 0.3 is 0 Å². The Labute approximate surface area is 436 Å². The maximum absolute atomic E-state index is 2.65. The highest BCUT2D eigenvalue weighted by atomic mass is 32.1. The zero-order valence-electron chi connectivity index (χ0n) is 42.8. The highest BCUT2D eigenvalue weighted by molar-refractivity contribution is 7.29. The molecule has 3 heterocycles. The van der Waals surface area contributed by atoms with E-state index in [1.807, 2.05) is 0 Å². The van der Waals surface area contributed by atoms with Crippen LogP contribution in [0.5, 0.6) is 0 Å². The number of rotatable bonds is 7. The number of para-hydroxylation sites is 2. The Balaban J connectivity index is 1.12. The molecule has 73 heavy (non-hydrogen) atoms. The third-order valence-corrected chi connectivity index (χ3v) is 17.0. The maximum atomic E-state index is 2.65. The number of benzene rings is 9. The molecule has 1 aromatic heterocycles. The lowest BCUT2D eigenvalue weighted by Crippen LogP contribution is -2.60. The van der Waals surface area contributed by atoms with Crippen LogP contribution in [0.3, 0.4) is 0 Å². The van der Waals surface area contributed by atoms with Gasteiger partial charge in [-0.3, -0.25) is 0 Å². The quantitative estimate of drug-likeness (QED) is 0.147. The molecule has 0 saturated carbocycles. The molecule has 3 aliphatic rings. The average molecular weight is 962 g/mol. The van der Waals surface area contributed by atoms with Gasteiger partial charge in [0.15, 0.2) is 0 Å². The van der Waals surface area contributed by atoms with E-state index in [0.717, 1.165) is 35.6 Å². The fourth-order valence-electron chi connectivity index (χ4n) is 12.0. The highest BCUT2D eigenvalue weighted by Gasteiger charge is 2.47. The predicted molar refractivity (Wildman–Crippen MR) is 315 cm³/mol. The Kier molecular flexibility index (Phi) is 10.9. The van der Waals surface area contributed by atoms with Crippen LogP contribution in [0.15, 0.2) is 206 Å². The number of anilines is 9. The zero-order valence-corrected chi connectivity index (χ0v) is 43.6. The normalized spacial score (nSPS) is 13.9. The van der Waals surface area contributed by atoms with Crippen molar-refractivity contribution < 1.29 is 0 Å². The summed E-state index contributed by atoms with van der Waals surface area (Å²) < 4.78 is 1.47. The van der Waals surface area contributed by atoms with Gasteiger partial charge in [-0.25, -0.2) is 0 Å². The molecule has 0 bridgehead atoms. The first-order chi connectivity index (χ1) is 35.5. The van der Waals surface area contributed by atoms with E-state index in [0.29, 0.717) is 0 Å². The molecule has 0 N–H and O–H groups in total. The van der Waals surface area contributed by atoms with Gasteiger partial charge < -0.3 is 14.7 Å². The highest BCUT2D eigenvalue weighted by Crippen LogP contribution is 2.52. The monoisotopic (exact) mass is 961 g/mol. The molecule has 0 unspecified atom stereocenters. The predicted octanol–water partition coefficient (Wildman–Crippen LogP) is 17.3. The largest absolute Gasteiger partial charge is 0.311 e. The van der Waals surface area contributed by atoms with Gasteiger partial charge in [0.2, 0.25) is 0 Å². The molecular weight excluding hydrogens is 902 g/mol. The Morgan fingerprint density at radius 2 is 1.03 bits per heavy atom. The van der Waals surface area contributed by atoms with E-state index >= 15 is 0 Å². The number of fused-ring (bicyclic) bond motifs is 7. The Morgan fingerprint density at radius 1 is 0.466 bits per heavy atom. The third kappa shape index (κ3) is 7.62. The summed E-state index contributed by atoms with van der Waals surface area (Å²) in [4.78, 5) is 9.38. The number of hydrogen-bond donors (Lipinski definition) is 0. The number of hydrogen-bond acceptors (Lipinski definition) is 4. The second-order valence-electron chi connectivity index (χ2n) is 22.3. The average Bonchev–Trinajstić information content (AvgIpc) is 3.80. The molecule has 0 saturated heterocycles. The van der Waals surface area contributed by atoms with Gasteiger partial charge in [0.1, 0.15) is 0 Å². The number of aryl methyl sites for hydroxylation is 1. The lowest BCUT2D eigenvalue weighted by Gasteiger charge is -2.44. The van der Waals surface area contributed by atoms with Crippen LogP contribution in [-0.4, -0.2) is 6.71 Å². The molecular formula is C68H60BN3S. The SMILES string of the molecule is CC(C)(C)c1ccc(N(c2ccc3c(c2)N(c2ccccc2)c2cc(C(C)(C)C)cc4c2B3c2sc3c(c2N4c2ccccc2)CCCC3)c2ccc(-c3ccccc3)c3ccccc23)c(-c2ccccc2)c1. The summed E-state index contributed by atoms with van der Waals surface area (Å²) in [7, 11) is 0. The number of nitrogens with zero attached hydrogens (tertiary/aromatic N) is 3. The van der Waals surface area contributed by atoms with E-state index in [4.69, 9.17) is 0 Å². The second-order valence-corrected chi connectivity index (χ2v) is 23.5. The van der Waals surface area contributed by atoms with E-state index in [9.17, 15) is 0 Å². The first kappa shape index (κ1) is 45.3. The van der Waals surface area contributed by atoms with E-state index < -0.39 is 0 Å². The van der Waals surface area contributed by atoms with Crippen LogP contribution in [0.4, 0.5) is 51.2 Å². The maximum Gasteiger partial charge on any atom is 0.264 e. The van der Waals surface area contributed by atoms with Crippen molar-refractivity contribution in [2.24, 2.45) is 0 Å². The van der Waals surface area contributed by atoms with Crippen molar-refractivity contribution in [3.05, 3.63) is 228 Å². The van der Waals surface area contributed by atoms with Crippen molar-refractivity contribution in [3.8, 4) is 22.3 Å². The van der Waals surface area contributed by atoms with Crippen LogP contribution in [0.2, 0.25) is 0 Å². The van der Waals surface area contributed by atoms with Crippen LogP contribution in [0.25, 0.3) is 33.0 Å². The molecule has 0 atom stereocenters. The van der Waals surface area contributed by atoms with E-state index in [1.54, 1.807) is 10.4 Å². The van der Waals surface area contributed by atoms with Crippen molar-refractivity contribution >= 4 is 95.7 Å². The first-order valence-electron chi connectivity index (χ1n) is 26.3. The summed E-state index contributed by atoms with van der Waals surface area (Å²) in [5.41, 5.74) is 22.5. The molecule has 0 fully saturated rings. The van der Waals surface area contributed by atoms with Gasteiger partial charge in [0.05, 0.1) is 17.1 Å². The summed E-state index contributed by atoms with van der Waals surface area (Å²) in [6.45, 7) is 14.1. The molecule has 2 aliphatic heterocycles. The zero-order chi connectivity index (χ0) is 49.6. The fourth-order valence-corrected chi connectivity index (χ4v) is 13.5. The molecule has 10 aromatic rings. The molecule has 9 aromatic carbocycles. The molecule has 13 rings (SSSR count). The van der Waals surface area contributed by atoms with Crippen molar-refractivity contribution in [1.29, 1.82) is 0 Å². The summed E-state index contributed by atoms with van der Waals surface area (Å²) in [5.74, 6) is 0. The van der Waals surface area contributed by atoms with Gasteiger partial charge in [-0.05, 0) is 153 Å². The summed E-state index contributed by atoms with van der Waals surface area (Å²) >= 11 is 2.08. The molecule has 5 heteroatoms. The van der Waals surface area contributed by atoms with Crippen LogP contribution < -0.4 is 30.4 Å². The van der Waals surface area contributed by atoms with Gasteiger partial charge in [0, 0.05) is 54.7 Å². The topological polar surface area (TPSA) is 9.72 Å². The van der Waals surface area contributed by atoms with Crippen molar-refractivity contribution in [1.82, 2.24) is 0 Å². The van der Waals surface area contributed by atoms with Crippen molar-refractivity contribution in [3.63, 3.8) is 0 Å². The molecule has 356 valence electrons. The Morgan fingerprint density at radius 3 is 1.68 bits per heavy atom. The van der Waals surface area contributed by atoms with Crippen LogP contribution in [0.1, 0.15) is 76.0 Å². The van der Waals surface area contributed by atoms with Crippen molar-refractivity contribution in [2.45, 2.75) is 78.1 Å². The van der Waals surface area contributed by atoms with Crippen LogP contribution in [-0.2, 0) is 23.7 Å². The van der Waals surface area contributed by atoms with E-state index in [1.165, 1.54) is 101 Å². The molecule has 0 amide bonds. The smallest absolute Gasteiger partial charge is 0.264 e. The van der Waals surface area contributed by atoms with Crippen LogP contribution in [0, 0.1) is 0 Å². The van der Waals surface area contributed by atoms with Gasteiger partial charge in [-0.1, -0.05) is 181 Å². The number of thiophene rings is 1. The minimum Gasteiger partial charge on any atom is -0.311 e. The minimum absolute atomic E-state index is 0.0486. The van der Waals surface area contributed by atoms with E-state index in [2.05, 4.69) is 274 Å². The lowest BCUT2D eigenvalue weighted by atomic mass is 9.36. The summed E-state index contributed by atoms with van der Waals surface area (Å²) in [6.07, 6.45) is 4.73. The second kappa shape index (κ2) is 17.6.